The van der Waals surface area contributed by atoms with Crippen LogP contribution < -0.4 is 9.47 Å². The number of aryl methyl sites for hydroxylation is 2. The third-order valence-electron chi connectivity index (χ3n) is 6.28. The number of nitrogens with one attached hydrogen (secondary N) is 1. The monoisotopic (exact) mass is 492 g/mol. The quantitative estimate of drug-likeness (QED) is 0.446. The van der Waals surface area contributed by atoms with Crippen LogP contribution in [0.15, 0.2) is 12.3 Å². The van der Waals surface area contributed by atoms with Crippen molar-refractivity contribution in [2.75, 3.05) is 26.8 Å². The maximum atomic E-state index is 9.67. The van der Waals surface area contributed by atoms with Crippen LogP contribution in [-0.2, 0) is 20.1 Å². The smallest absolute Gasteiger partial charge is 0.240 e. The van der Waals surface area contributed by atoms with Crippen molar-refractivity contribution in [3.8, 4) is 23.0 Å². The van der Waals surface area contributed by atoms with E-state index in [1.54, 1.807) is 10.9 Å². The van der Waals surface area contributed by atoms with E-state index in [2.05, 4.69) is 25.3 Å². The number of H-pyrrole nitrogens is 1. The van der Waals surface area contributed by atoms with Crippen LogP contribution in [0.4, 0.5) is 0 Å². The highest BCUT2D eigenvalue weighted by Gasteiger charge is 2.23. The summed E-state index contributed by atoms with van der Waals surface area (Å²) in [5, 5.41) is 27.4. The molecule has 5 rings (SSSR count). The zero-order chi connectivity index (χ0) is 25.4. The molecule has 1 unspecified atom stereocenters. The first-order chi connectivity index (χ1) is 17.4. The molecule has 0 fully saturated rings. The van der Waals surface area contributed by atoms with Crippen LogP contribution in [0.2, 0.25) is 0 Å². The fourth-order valence-electron chi connectivity index (χ4n) is 4.69. The molecular weight excluding hydrogens is 460 g/mol. The van der Waals surface area contributed by atoms with Gasteiger partial charge in [-0.15, -0.1) is 5.10 Å². The topological polar surface area (TPSA) is 119 Å². The third-order valence-corrected chi connectivity index (χ3v) is 6.28. The van der Waals surface area contributed by atoms with Gasteiger partial charge in [0.25, 0.3) is 0 Å². The Kier molecular flexibility index (Phi) is 6.50. The number of pyridine rings is 1. The summed E-state index contributed by atoms with van der Waals surface area (Å²) in [6.07, 6.45) is 5.67. The Morgan fingerprint density at radius 1 is 1.28 bits per heavy atom. The largest absolute Gasteiger partial charge is 0.476 e. The molecule has 0 aromatic carbocycles. The summed E-state index contributed by atoms with van der Waals surface area (Å²) in [4.78, 5) is 6.99. The van der Waals surface area contributed by atoms with Gasteiger partial charge in [-0.25, -0.2) is 4.68 Å². The molecule has 36 heavy (non-hydrogen) atoms. The van der Waals surface area contributed by atoms with Gasteiger partial charge in [-0.3, -0.25) is 19.7 Å². The first kappa shape index (κ1) is 24.0. The van der Waals surface area contributed by atoms with Gasteiger partial charge in [0.2, 0.25) is 11.8 Å². The Bertz CT molecular complexity index is 1420. The molecule has 0 spiro atoms. The van der Waals surface area contributed by atoms with Crippen molar-refractivity contribution in [1.29, 1.82) is 0 Å². The summed E-state index contributed by atoms with van der Waals surface area (Å²) < 4.78 is 15.8. The molecule has 4 aromatic heterocycles. The molecule has 190 valence electrons. The Hall–Kier alpha value is -3.70. The van der Waals surface area contributed by atoms with Crippen molar-refractivity contribution in [2.45, 2.75) is 40.0 Å². The van der Waals surface area contributed by atoms with Crippen molar-refractivity contribution in [3.63, 3.8) is 0 Å². The van der Waals surface area contributed by atoms with Crippen LogP contribution in [0.1, 0.15) is 36.5 Å². The zero-order valence-electron chi connectivity index (χ0n) is 21.3. The number of ether oxygens (including phenoxy) is 2. The van der Waals surface area contributed by atoms with Crippen LogP contribution in [0.5, 0.6) is 11.8 Å². The molecule has 5 heterocycles. The van der Waals surface area contributed by atoms with Crippen molar-refractivity contribution in [3.05, 3.63) is 34.9 Å². The molecule has 1 aliphatic rings. The maximum absolute atomic E-state index is 9.67. The van der Waals surface area contributed by atoms with Gasteiger partial charge in [0.1, 0.15) is 11.6 Å². The van der Waals surface area contributed by atoms with E-state index < -0.39 is 0 Å². The minimum Gasteiger partial charge on any atom is -0.476 e. The second-order valence-corrected chi connectivity index (χ2v) is 9.12. The molecule has 0 saturated carbocycles. The predicted molar refractivity (Wildman–Crippen MR) is 137 cm³/mol. The Balaban J connectivity index is 1.71. The van der Waals surface area contributed by atoms with Gasteiger partial charge in [0.15, 0.2) is 0 Å². The van der Waals surface area contributed by atoms with Crippen LogP contribution >= 0.6 is 0 Å². The van der Waals surface area contributed by atoms with Crippen LogP contribution in [0.3, 0.4) is 0 Å². The van der Waals surface area contributed by atoms with Crippen molar-refractivity contribution < 1.29 is 14.6 Å². The summed E-state index contributed by atoms with van der Waals surface area (Å²) in [7, 11) is 3.91. The average Bonchev–Trinajstić information content (AvgIpc) is 3.49. The first-order valence-corrected chi connectivity index (χ1v) is 12.1. The second-order valence-electron chi connectivity index (χ2n) is 9.12. The summed E-state index contributed by atoms with van der Waals surface area (Å²) >= 11 is 0. The van der Waals surface area contributed by atoms with Crippen LogP contribution in [0, 0.1) is 6.92 Å². The summed E-state index contributed by atoms with van der Waals surface area (Å²) in [5.74, 6) is 1.21. The number of hydrogen-bond donors (Lipinski definition) is 2. The van der Waals surface area contributed by atoms with E-state index in [9.17, 15) is 5.11 Å². The maximum Gasteiger partial charge on any atom is 0.240 e. The number of aromatic amines is 1. The third kappa shape index (κ3) is 4.35. The lowest BCUT2D eigenvalue weighted by Gasteiger charge is -2.23. The highest BCUT2D eigenvalue weighted by atomic mass is 16.5. The van der Waals surface area contributed by atoms with E-state index >= 15 is 0 Å². The highest BCUT2D eigenvalue weighted by Crippen LogP contribution is 2.33. The van der Waals surface area contributed by atoms with E-state index in [4.69, 9.17) is 14.5 Å². The minimum absolute atomic E-state index is 0.0177. The number of aliphatic hydroxyl groups is 1. The van der Waals surface area contributed by atoms with Gasteiger partial charge >= 0.3 is 0 Å². The molecule has 0 amide bonds. The normalized spacial score (nSPS) is 17.3. The SMILES string of the molecule is CCOc1nn(CCO)c2c1/C=C/c1[nH]nc3c(C)nc(cc13)-c1cnn(C)c1OC(C)CN(C)C2. The van der Waals surface area contributed by atoms with E-state index in [1.807, 2.05) is 57.8 Å². The van der Waals surface area contributed by atoms with Crippen molar-refractivity contribution >= 4 is 23.1 Å². The lowest BCUT2D eigenvalue weighted by atomic mass is 10.1. The molecule has 11 nitrogen and oxygen atoms in total. The Morgan fingerprint density at radius 2 is 2.11 bits per heavy atom. The molecular formula is C25H32N8O3. The summed E-state index contributed by atoms with van der Waals surface area (Å²) in [6, 6.07) is 2.02. The predicted octanol–water partition coefficient (Wildman–Crippen LogP) is 2.64. The molecule has 2 N–H and O–H groups in total. The number of nitrogens with zero attached hydrogens (tertiary/aromatic N) is 7. The van der Waals surface area contributed by atoms with Crippen LogP contribution in [0.25, 0.3) is 34.3 Å². The Morgan fingerprint density at radius 3 is 2.89 bits per heavy atom. The molecule has 0 saturated heterocycles. The minimum atomic E-state index is -0.122. The standard InChI is InChI=1S/C25H32N8O3/c1-6-35-24-17-7-8-20-18-11-21(27-16(3)23(18)29-28-20)19-12-26-32(5)25(19)36-15(2)13-31(4)14-22(17)33(30-24)9-10-34/h7-8,11-12,15,34H,6,9-10,13-14H2,1-5H3,(H,28,29)/b8-7+. The molecule has 1 atom stereocenters. The summed E-state index contributed by atoms with van der Waals surface area (Å²) in [6.45, 7) is 8.04. The number of aromatic nitrogens is 7. The number of likely N-dealkylation sites (N-methyl/N-ethyl adjacent to an activating group) is 1. The lowest BCUT2D eigenvalue weighted by Crippen LogP contribution is -2.32. The number of hydrogen-bond acceptors (Lipinski definition) is 8. The van der Waals surface area contributed by atoms with Gasteiger partial charge in [0.05, 0.1) is 59.9 Å². The molecule has 4 aromatic rings. The molecule has 11 heteroatoms. The number of rotatable bonds is 4. The first-order valence-electron chi connectivity index (χ1n) is 12.1. The van der Waals surface area contributed by atoms with Crippen molar-refractivity contribution in [1.82, 2.24) is 39.6 Å². The van der Waals surface area contributed by atoms with Gasteiger partial charge in [-0.1, -0.05) is 0 Å². The van der Waals surface area contributed by atoms with Gasteiger partial charge in [0, 0.05) is 25.5 Å². The molecule has 2 bridgehead atoms. The van der Waals surface area contributed by atoms with E-state index in [0.29, 0.717) is 38.0 Å². The van der Waals surface area contributed by atoms with Gasteiger partial charge < -0.3 is 14.6 Å². The average molecular weight is 493 g/mol. The fraction of sp³-hybridized carbons (Fsp3) is 0.440. The molecule has 0 radical (unpaired) electrons. The van der Waals surface area contributed by atoms with Gasteiger partial charge in [-0.2, -0.15) is 10.2 Å². The molecule has 1 aliphatic heterocycles. The van der Waals surface area contributed by atoms with Crippen LogP contribution in [-0.4, -0.2) is 77.7 Å². The number of fused-ring (bicyclic) bond motifs is 4. The zero-order valence-corrected chi connectivity index (χ0v) is 21.3. The molecule has 0 aliphatic carbocycles. The second kappa shape index (κ2) is 9.75. The van der Waals surface area contributed by atoms with E-state index in [1.165, 1.54) is 0 Å². The highest BCUT2D eigenvalue weighted by molar-refractivity contribution is 5.93. The fourth-order valence-corrected chi connectivity index (χ4v) is 4.69. The van der Waals surface area contributed by atoms with Crippen molar-refractivity contribution in [2.24, 2.45) is 7.05 Å². The lowest BCUT2D eigenvalue weighted by molar-refractivity contribution is 0.146. The van der Waals surface area contributed by atoms with E-state index in [-0.39, 0.29) is 12.7 Å². The number of aliphatic hydroxyl groups excluding tert-OH is 1. The summed E-state index contributed by atoms with van der Waals surface area (Å²) in [5.41, 5.74) is 5.92. The Labute approximate surface area is 209 Å². The van der Waals surface area contributed by atoms with E-state index in [0.717, 1.165) is 44.8 Å². The van der Waals surface area contributed by atoms with Gasteiger partial charge in [-0.05, 0) is 46.0 Å².